The predicted octanol–water partition coefficient (Wildman–Crippen LogP) is 3.15. The molecule has 2 aromatic carbocycles. The fourth-order valence-electron chi connectivity index (χ4n) is 4.50. The summed E-state index contributed by atoms with van der Waals surface area (Å²) in [7, 11) is -5.01. The highest BCUT2D eigenvalue weighted by atomic mass is 31.2. The van der Waals surface area contributed by atoms with E-state index in [9.17, 15) is 33.3 Å². The van der Waals surface area contributed by atoms with Gasteiger partial charge in [0.05, 0.1) is 31.2 Å². The van der Waals surface area contributed by atoms with Crippen molar-refractivity contribution < 1.29 is 42.4 Å². The van der Waals surface area contributed by atoms with Crippen molar-refractivity contribution in [3.63, 3.8) is 0 Å². The van der Waals surface area contributed by atoms with Gasteiger partial charge in [-0.1, -0.05) is 56.2 Å². The quantitative estimate of drug-likeness (QED) is 0.148. The molecule has 1 aliphatic rings. The third-order valence-corrected chi connectivity index (χ3v) is 7.61. The van der Waals surface area contributed by atoms with Crippen molar-refractivity contribution in [2.45, 2.75) is 64.0 Å². The molecule has 4 rings (SSSR count). The van der Waals surface area contributed by atoms with Gasteiger partial charge in [0.25, 0.3) is 5.56 Å². The minimum atomic E-state index is -5.01. The summed E-state index contributed by atoms with van der Waals surface area (Å²) in [5.74, 6) is -2.34. The number of benzene rings is 2. The average molecular weight is 610 g/mol. The molecule has 0 spiro atoms. The number of nitrogens with one attached hydrogen (secondary N) is 1. The first-order valence-electron chi connectivity index (χ1n) is 13.5. The number of fused-ring (bicyclic) bond motifs is 1. The molecule has 1 unspecified atom stereocenters. The second-order valence-corrected chi connectivity index (χ2v) is 11.2. The maximum absolute atomic E-state index is 13.7. The van der Waals surface area contributed by atoms with Crippen LogP contribution in [-0.4, -0.2) is 57.0 Å². The Labute approximate surface area is 240 Å². The lowest BCUT2D eigenvalue weighted by molar-refractivity contribution is -0.139. The zero-order valence-electron chi connectivity index (χ0n) is 23.1. The molecule has 3 aromatic rings. The minimum Gasteiger partial charge on any atom is -0.390 e. The van der Waals surface area contributed by atoms with Crippen LogP contribution in [0.4, 0.5) is 10.1 Å². The molecule has 0 aliphatic carbocycles. The van der Waals surface area contributed by atoms with Gasteiger partial charge in [-0.3, -0.25) is 28.6 Å². The summed E-state index contributed by atoms with van der Waals surface area (Å²) in [6.45, 7) is 3.09. The molecule has 0 radical (unpaired) electrons. The monoisotopic (exact) mass is 609 g/mol. The highest BCUT2D eigenvalue weighted by Crippen LogP contribution is 2.45. The SMILES string of the molecule is CCCCCON(c1cccc2ccccc12)[C@@H](C)C(=O)OP(=O)(O)OC[C@H]1O[C@@H](n2cc(F)c(=O)[nH]c2=O)C[C@@H]1O. The highest BCUT2D eigenvalue weighted by Gasteiger charge is 2.39. The first-order chi connectivity index (χ1) is 20.0. The summed E-state index contributed by atoms with van der Waals surface area (Å²) in [6, 6.07) is 11.8. The first kappa shape index (κ1) is 31.5. The van der Waals surface area contributed by atoms with Crippen LogP contribution in [0.5, 0.6) is 0 Å². The number of halogens is 1. The van der Waals surface area contributed by atoms with Crippen molar-refractivity contribution in [3.8, 4) is 0 Å². The molecule has 15 heteroatoms. The molecule has 0 amide bonds. The van der Waals surface area contributed by atoms with Crippen LogP contribution in [0.25, 0.3) is 10.8 Å². The Morgan fingerprint density at radius 1 is 1.24 bits per heavy atom. The molecule has 3 N–H and O–H groups in total. The predicted molar refractivity (Wildman–Crippen MR) is 149 cm³/mol. The van der Waals surface area contributed by atoms with E-state index < -0.39 is 61.9 Å². The number of carbonyl (C=O) groups excluding carboxylic acids is 1. The van der Waals surface area contributed by atoms with Gasteiger partial charge in [-0.05, 0) is 24.8 Å². The Balaban J connectivity index is 1.42. The molecule has 1 fully saturated rings. The molecule has 228 valence electrons. The molecule has 0 saturated carbocycles. The van der Waals surface area contributed by atoms with Crippen LogP contribution in [0.2, 0.25) is 0 Å². The molecule has 1 aliphatic heterocycles. The number of hydrogen-bond acceptors (Lipinski definition) is 10. The molecular formula is C27H33FN3O10P. The summed E-state index contributed by atoms with van der Waals surface area (Å²) in [4.78, 5) is 54.4. The number of unbranched alkanes of at least 4 members (excludes halogenated alkanes) is 2. The van der Waals surface area contributed by atoms with E-state index in [0.29, 0.717) is 18.5 Å². The highest BCUT2D eigenvalue weighted by molar-refractivity contribution is 7.48. The maximum atomic E-state index is 13.7. The fraction of sp³-hybridized carbons (Fsp3) is 0.444. The molecule has 13 nitrogen and oxygen atoms in total. The van der Waals surface area contributed by atoms with Crippen LogP contribution in [-0.2, 0) is 28.0 Å². The van der Waals surface area contributed by atoms with E-state index >= 15 is 0 Å². The Kier molecular flexibility index (Phi) is 10.3. The van der Waals surface area contributed by atoms with Gasteiger partial charge in [-0.15, -0.1) is 0 Å². The zero-order valence-corrected chi connectivity index (χ0v) is 23.9. The average Bonchev–Trinajstić information content (AvgIpc) is 3.33. The number of phosphoric ester groups is 1. The number of ether oxygens (including phenoxy) is 1. The van der Waals surface area contributed by atoms with E-state index in [2.05, 4.69) is 0 Å². The van der Waals surface area contributed by atoms with Gasteiger partial charge in [0.2, 0.25) is 5.82 Å². The third-order valence-electron chi connectivity index (χ3n) is 6.72. The summed E-state index contributed by atoms with van der Waals surface area (Å²) in [5, 5.41) is 13.4. The summed E-state index contributed by atoms with van der Waals surface area (Å²) >= 11 is 0. The van der Waals surface area contributed by atoms with Crippen LogP contribution in [0.1, 0.15) is 45.8 Å². The van der Waals surface area contributed by atoms with Crippen molar-refractivity contribution in [1.82, 2.24) is 9.55 Å². The normalized spacial score (nSPS) is 20.7. The van der Waals surface area contributed by atoms with Crippen LogP contribution < -0.4 is 16.3 Å². The van der Waals surface area contributed by atoms with Gasteiger partial charge in [-0.2, -0.15) is 4.39 Å². The molecule has 5 atom stereocenters. The van der Waals surface area contributed by atoms with Crippen molar-refractivity contribution >= 4 is 30.3 Å². The van der Waals surface area contributed by atoms with Crippen molar-refractivity contribution in [3.05, 3.63) is 75.3 Å². The van der Waals surface area contributed by atoms with Gasteiger partial charge in [0, 0.05) is 11.8 Å². The smallest absolute Gasteiger partial charge is 0.390 e. The second kappa shape index (κ2) is 13.7. The minimum absolute atomic E-state index is 0.207. The molecular weight excluding hydrogens is 576 g/mol. The molecule has 0 bridgehead atoms. The van der Waals surface area contributed by atoms with E-state index in [0.717, 1.165) is 34.6 Å². The van der Waals surface area contributed by atoms with E-state index in [1.54, 1.807) is 17.1 Å². The number of aliphatic hydroxyl groups excluding tert-OH is 1. The number of aromatic amines is 1. The Hall–Kier alpha value is -3.39. The number of hydrogen-bond donors (Lipinski definition) is 3. The van der Waals surface area contributed by atoms with Crippen molar-refractivity contribution in [2.75, 3.05) is 18.3 Å². The number of nitrogens with zero attached hydrogens (tertiary/aromatic N) is 2. The number of H-pyrrole nitrogens is 1. The van der Waals surface area contributed by atoms with Gasteiger partial charge in [0.15, 0.2) is 6.04 Å². The lowest BCUT2D eigenvalue weighted by Gasteiger charge is -2.30. The van der Waals surface area contributed by atoms with E-state index in [4.69, 9.17) is 18.6 Å². The van der Waals surface area contributed by atoms with E-state index in [1.807, 2.05) is 37.3 Å². The molecule has 1 aromatic heterocycles. The Morgan fingerprint density at radius 3 is 2.74 bits per heavy atom. The largest absolute Gasteiger partial charge is 0.529 e. The fourth-order valence-corrected chi connectivity index (χ4v) is 5.26. The van der Waals surface area contributed by atoms with E-state index in [1.165, 1.54) is 12.0 Å². The third kappa shape index (κ3) is 7.51. The Bertz CT molecular complexity index is 1560. The van der Waals surface area contributed by atoms with E-state index in [-0.39, 0.29) is 6.42 Å². The number of carbonyl (C=O) groups is 1. The van der Waals surface area contributed by atoms with Crippen LogP contribution in [0.15, 0.2) is 58.3 Å². The van der Waals surface area contributed by atoms with Crippen LogP contribution in [0, 0.1) is 5.82 Å². The molecule has 42 heavy (non-hydrogen) atoms. The number of aromatic nitrogens is 2. The standard InChI is InChI=1S/C27H33FN3O10P/c1-3-4-7-13-38-31(21-12-8-10-18-9-5-6-11-19(18)21)17(2)26(34)41-42(36,37)39-16-23-22(32)14-24(40-23)30-15-20(28)25(33)29-27(30)35/h5-6,8-12,15,17,22-24,32H,3-4,7,13-14,16H2,1-2H3,(H,36,37)(H,29,33,35)/t17-,22-,23+,24+/m0/s1. The lowest BCUT2D eigenvalue weighted by Crippen LogP contribution is -2.40. The topological polar surface area (TPSA) is 170 Å². The number of phosphoric acid groups is 1. The molecule has 1 saturated heterocycles. The summed E-state index contributed by atoms with van der Waals surface area (Å²) < 4.78 is 42.4. The van der Waals surface area contributed by atoms with Crippen molar-refractivity contribution in [2.24, 2.45) is 0 Å². The number of anilines is 1. The number of rotatable bonds is 13. The van der Waals surface area contributed by atoms with Gasteiger partial charge in [-0.25, -0.2) is 19.2 Å². The maximum Gasteiger partial charge on any atom is 0.529 e. The van der Waals surface area contributed by atoms with Crippen LogP contribution in [0.3, 0.4) is 0 Å². The van der Waals surface area contributed by atoms with Gasteiger partial charge >= 0.3 is 19.5 Å². The van der Waals surface area contributed by atoms with Gasteiger partial charge < -0.3 is 14.4 Å². The first-order valence-corrected chi connectivity index (χ1v) is 15.0. The second-order valence-electron chi connectivity index (χ2n) is 9.79. The Morgan fingerprint density at radius 2 is 1.98 bits per heavy atom. The summed E-state index contributed by atoms with van der Waals surface area (Å²) in [6.07, 6.45) is -0.693. The van der Waals surface area contributed by atoms with Crippen LogP contribution >= 0.6 is 7.82 Å². The summed E-state index contributed by atoms with van der Waals surface area (Å²) in [5.41, 5.74) is -1.62. The number of hydroxylamine groups is 1. The lowest BCUT2D eigenvalue weighted by atomic mass is 10.1. The number of aliphatic hydroxyl groups is 1. The van der Waals surface area contributed by atoms with Crippen molar-refractivity contribution in [1.29, 1.82) is 0 Å². The zero-order chi connectivity index (χ0) is 30.4. The van der Waals surface area contributed by atoms with Gasteiger partial charge in [0.1, 0.15) is 12.3 Å². The molecule has 2 heterocycles.